The summed E-state index contributed by atoms with van der Waals surface area (Å²) in [5, 5.41) is 3.10. The molecule has 1 aromatic rings. The molecule has 2 aliphatic rings. The van der Waals surface area contributed by atoms with Crippen LogP contribution in [0.5, 0.6) is 5.75 Å². The van der Waals surface area contributed by atoms with Gasteiger partial charge in [-0.15, -0.1) is 0 Å². The second-order valence-corrected chi connectivity index (χ2v) is 5.96. The summed E-state index contributed by atoms with van der Waals surface area (Å²) >= 11 is 3.49. The number of piperidine rings is 1. The Morgan fingerprint density at radius 1 is 1.42 bits per heavy atom. The fourth-order valence-electron chi connectivity index (χ4n) is 3.03. The first-order chi connectivity index (χ1) is 9.20. The van der Waals surface area contributed by atoms with Crippen molar-refractivity contribution in [3.05, 3.63) is 28.2 Å². The molecule has 0 aromatic heterocycles. The predicted octanol–water partition coefficient (Wildman–Crippen LogP) is 2.44. The van der Waals surface area contributed by atoms with Crippen molar-refractivity contribution >= 4 is 21.8 Å². The Morgan fingerprint density at radius 3 is 3.05 bits per heavy atom. The van der Waals surface area contributed by atoms with Crippen molar-refractivity contribution < 1.29 is 9.53 Å². The summed E-state index contributed by atoms with van der Waals surface area (Å²) in [7, 11) is 1.66. The first-order valence-corrected chi connectivity index (χ1v) is 7.39. The molecule has 2 aliphatic heterocycles. The number of methoxy groups -OCH3 is 1. The van der Waals surface area contributed by atoms with Gasteiger partial charge in [0.15, 0.2) is 0 Å². The van der Waals surface area contributed by atoms with Gasteiger partial charge in [0.25, 0.3) is 0 Å². The molecule has 0 saturated carbocycles. The number of hydrogen-bond donors (Lipinski definition) is 1. The summed E-state index contributed by atoms with van der Waals surface area (Å²) in [5.41, 5.74) is 1.02. The molecule has 3 rings (SSSR count). The smallest absolute Gasteiger partial charge is 0.238 e. The number of ether oxygens (including phenoxy) is 1. The van der Waals surface area contributed by atoms with Gasteiger partial charge in [-0.25, -0.2) is 0 Å². The number of benzene rings is 1. The molecule has 5 heteroatoms. The van der Waals surface area contributed by atoms with Crippen molar-refractivity contribution in [2.45, 2.75) is 31.5 Å². The summed E-state index contributed by atoms with van der Waals surface area (Å²) in [4.78, 5) is 14.3. The molecule has 0 aliphatic carbocycles. The highest BCUT2D eigenvalue weighted by Crippen LogP contribution is 2.37. The Bertz CT molecular complexity index is 506. The molecule has 2 unspecified atom stereocenters. The van der Waals surface area contributed by atoms with Crippen molar-refractivity contribution in [1.82, 2.24) is 10.2 Å². The monoisotopic (exact) mass is 324 g/mol. The first-order valence-electron chi connectivity index (χ1n) is 6.60. The van der Waals surface area contributed by atoms with Crippen LogP contribution in [0.3, 0.4) is 0 Å². The van der Waals surface area contributed by atoms with Crippen LogP contribution in [0, 0.1) is 0 Å². The number of halogens is 1. The Morgan fingerprint density at radius 2 is 2.26 bits per heavy atom. The van der Waals surface area contributed by atoms with Crippen molar-refractivity contribution in [3.8, 4) is 5.75 Å². The highest BCUT2D eigenvalue weighted by molar-refractivity contribution is 9.10. The average Bonchev–Trinajstić information content (AvgIpc) is 2.77. The quantitative estimate of drug-likeness (QED) is 0.908. The summed E-state index contributed by atoms with van der Waals surface area (Å²) in [6.45, 7) is 0.962. The predicted molar refractivity (Wildman–Crippen MR) is 75.9 cm³/mol. The Balaban J connectivity index is 1.97. The van der Waals surface area contributed by atoms with E-state index in [0.29, 0.717) is 0 Å². The second-order valence-electron chi connectivity index (χ2n) is 5.05. The van der Waals surface area contributed by atoms with E-state index in [1.807, 2.05) is 18.2 Å². The molecule has 102 valence electrons. The summed E-state index contributed by atoms with van der Waals surface area (Å²) in [6, 6.07) is 5.94. The lowest BCUT2D eigenvalue weighted by Gasteiger charge is -2.32. The van der Waals surface area contributed by atoms with E-state index in [-0.39, 0.29) is 18.1 Å². The van der Waals surface area contributed by atoms with E-state index in [1.54, 1.807) is 7.11 Å². The fourth-order valence-corrected chi connectivity index (χ4v) is 3.41. The molecule has 1 aromatic carbocycles. The maximum atomic E-state index is 12.1. The molecule has 19 heavy (non-hydrogen) atoms. The Kier molecular flexibility index (Phi) is 3.50. The van der Waals surface area contributed by atoms with Crippen LogP contribution in [0.25, 0.3) is 0 Å². The van der Waals surface area contributed by atoms with E-state index in [4.69, 9.17) is 4.74 Å². The summed E-state index contributed by atoms with van der Waals surface area (Å²) in [5.74, 6) is 0.964. The largest absolute Gasteiger partial charge is 0.496 e. The van der Waals surface area contributed by atoms with Gasteiger partial charge in [-0.05, 0) is 31.0 Å². The number of carbonyl (C=O) groups excluding carboxylic acids is 1. The van der Waals surface area contributed by atoms with Crippen molar-refractivity contribution in [2.75, 3.05) is 13.7 Å². The number of rotatable bonds is 2. The lowest BCUT2D eigenvalue weighted by Crippen LogP contribution is -2.38. The molecule has 0 bridgehead atoms. The van der Waals surface area contributed by atoms with E-state index in [2.05, 4.69) is 26.1 Å². The molecule has 0 radical (unpaired) electrons. The molecule has 2 atom stereocenters. The van der Waals surface area contributed by atoms with Gasteiger partial charge in [-0.1, -0.05) is 22.4 Å². The minimum atomic E-state index is -0.0646. The van der Waals surface area contributed by atoms with Gasteiger partial charge < -0.3 is 10.1 Å². The molecule has 1 N–H and O–H groups in total. The first kappa shape index (κ1) is 12.9. The van der Waals surface area contributed by atoms with Crippen LogP contribution in [0.2, 0.25) is 0 Å². The maximum Gasteiger partial charge on any atom is 0.238 e. The Labute approximate surface area is 121 Å². The molecule has 1 amide bonds. The number of nitrogens with one attached hydrogen (secondary N) is 1. The van der Waals surface area contributed by atoms with Crippen LogP contribution in [0.1, 0.15) is 31.0 Å². The SMILES string of the molecule is COc1ccc(Br)cc1C1NC(=O)C2CCCCN21. The minimum absolute atomic E-state index is 0.0300. The van der Waals surface area contributed by atoms with Crippen LogP contribution in [-0.4, -0.2) is 30.5 Å². The third-order valence-corrected chi connectivity index (χ3v) is 4.44. The number of hydrogen-bond acceptors (Lipinski definition) is 3. The third-order valence-electron chi connectivity index (χ3n) is 3.94. The normalized spacial score (nSPS) is 26.9. The standard InChI is InChI=1S/C14H17BrN2O2/c1-19-12-6-5-9(15)8-10(12)13-16-14(18)11-4-2-3-7-17(11)13/h5-6,8,11,13H,2-4,7H2,1H3,(H,16,18). The van der Waals surface area contributed by atoms with E-state index < -0.39 is 0 Å². The van der Waals surface area contributed by atoms with E-state index >= 15 is 0 Å². The molecule has 2 saturated heterocycles. The molecule has 2 fully saturated rings. The molecule has 2 heterocycles. The summed E-state index contributed by atoms with van der Waals surface area (Å²) < 4.78 is 6.43. The van der Waals surface area contributed by atoms with Gasteiger partial charge in [0.05, 0.1) is 13.2 Å². The van der Waals surface area contributed by atoms with Crippen LogP contribution >= 0.6 is 15.9 Å². The zero-order valence-corrected chi connectivity index (χ0v) is 12.4. The molecule has 4 nitrogen and oxygen atoms in total. The maximum absolute atomic E-state index is 12.1. The highest BCUT2D eigenvalue weighted by atomic mass is 79.9. The van der Waals surface area contributed by atoms with Gasteiger partial charge >= 0.3 is 0 Å². The number of amides is 1. The van der Waals surface area contributed by atoms with Gasteiger partial charge in [-0.3, -0.25) is 9.69 Å². The van der Waals surface area contributed by atoms with E-state index in [1.165, 1.54) is 0 Å². The topological polar surface area (TPSA) is 41.6 Å². The van der Waals surface area contributed by atoms with Gasteiger partial charge in [0.1, 0.15) is 11.9 Å². The second kappa shape index (κ2) is 5.13. The average molecular weight is 325 g/mol. The highest BCUT2D eigenvalue weighted by Gasteiger charge is 2.42. The van der Waals surface area contributed by atoms with E-state index in [0.717, 1.165) is 41.6 Å². The Hall–Kier alpha value is -1.07. The lowest BCUT2D eigenvalue weighted by atomic mass is 10.0. The fraction of sp³-hybridized carbons (Fsp3) is 0.500. The summed E-state index contributed by atoms with van der Waals surface area (Å²) in [6.07, 6.45) is 3.18. The minimum Gasteiger partial charge on any atom is -0.496 e. The number of carbonyl (C=O) groups is 1. The van der Waals surface area contributed by atoms with Gasteiger partial charge in [0.2, 0.25) is 5.91 Å². The molecular formula is C14H17BrN2O2. The van der Waals surface area contributed by atoms with E-state index in [9.17, 15) is 4.79 Å². The van der Waals surface area contributed by atoms with Crippen LogP contribution in [0.4, 0.5) is 0 Å². The number of fused-ring (bicyclic) bond motifs is 1. The van der Waals surface area contributed by atoms with Crippen LogP contribution < -0.4 is 10.1 Å². The number of nitrogens with zero attached hydrogens (tertiary/aromatic N) is 1. The van der Waals surface area contributed by atoms with Crippen LogP contribution in [0.15, 0.2) is 22.7 Å². The zero-order valence-electron chi connectivity index (χ0n) is 10.9. The van der Waals surface area contributed by atoms with Crippen molar-refractivity contribution in [3.63, 3.8) is 0 Å². The van der Waals surface area contributed by atoms with Crippen LogP contribution in [-0.2, 0) is 4.79 Å². The van der Waals surface area contributed by atoms with Crippen molar-refractivity contribution in [1.29, 1.82) is 0 Å². The molecule has 0 spiro atoms. The third kappa shape index (κ3) is 2.25. The van der Waals surface area contributed by atoms with Crippen molar-refractivity contribution in [2.24, 2.45) is 0 Å². The molecular weight excluding hydrogens is 308 g/mol. The lowest BCUT2D eigenvalue weighted by molar-refractivity contribution is -0.122. The van der Waals surface area contributed by atoms with Gasteiger partial charge in [0, 0.05) is 16.6 Å². The zero-order chi connectivity index (χ0) is 13.4. The van der Waals surface area contributed by atoms with Gasteiger partial charge in [-0.2, -0.15) is 0 Å².